The fourth-order valence-electron chi connectivity index (χ4n) is 0.634. The van der Waals surface area contributed by atoms with E-state index in [1.807, 2.05) is 0 Å². The first-order valence-corrected chi connectivity index (χ1v) is 4.52. The predicted molar refractivity (Wildman–Crippen MR) is 48.3 cm³/mol. The van der Waals surface area contributed by atoms with Gasteiger partial charge < -0.3 is 10.4 Å². The second kappa shape index (κ2) is 4.28. The zero-order valence-corrected chi connectivity index (χ0v) is 7.19. The summed E-state index contributed by atoms with van der Waals surface area (Å²) in [7, 11) is 0. The smallest absolute Gasteiger partial charge is 0.211 e. The van der Waals surface area contributed by atoms with Crippen molar-refractivity contribution in [3.63, 3.8) is 0 Å². The summed E-state index contributed by atoms with van der Waals surface area (Å²) >= 11 is 1.61. The molecule has 3 nitrogen and oxygen atoms in total. The lowest BCUT2D eigenvalue weighted by atomic mass is 10.5. The van der Waals surface area contributed by atoms with Crippen molar-refractivity contribution in [3.05, 3.63) is 18.5 Å². The van der Waals surface area contributed by atoms with E-state index in [1.165, 1.54) is 6.08 Å². The molecule has 61 valence electrons. The molecule has 4 heteroatoms. The quantitative estimate of drug-likeness (QED) is 0.664. The minimum absolute atomic E-state index is 0.0716. The van der Waals surface area contributed by atoms with Crippen molar-refractivity contribution in [3.8, 4) is 0 Å². The van der Waals surface area contributed by atoms with Gasteiger partial charge in [0.1, 0.15) is 0 Å². The predicted octanol–water partition coefficient (Wildman–Crippen LogP) is 1.65. The SMILES string of the molecule is CCCSC1=NC(O)=C[CH]N1. The molecule has 0 aromatic rings. The van der Waals surface area contributed by atoms with Crippen LogP contribution in [0.1, 0.15) is 13.3 Å². The van der Waals surface area contributed by atoms with Crippen LogP contribution in [0.5, 0.6) is 0 Å². The fourth-order valence-corrected chi connectivity index (χ4v) is 1.34. The zero-order chi connectivity index (χ0) is 8.10. The highest BCUT2D eigenvalue weighted by atomic mass is 32.2. The Kier molecular flexibility index (Phi) is 3.29. The first kappa shape index (κ1) is 8.46. The van der Waals surface area contributed by atoms with E-state index in [4.69, 9.17) is 5.11 Å². The highest BCUT2D eigenvalue weighted by Gasteiger charge is 2.04. The van der Waals surface area contributed by atoms with E-state index < -0.39 is 0 Å². The summed E-state index contributed by atoms with van der Waals surface area (Å²) in [5.74, 6) is 1.09. The molecule has 1 radical (unpaired) electrons. The molecule has 0 aliphatic carbocycles. The van der Waals surface area contributed by atoms with E-state index >= 15 is 0 Å². The molecule has 0 bridgehead atoms. The molecule has 1 heterocycles. The summed E-state index contributed by atoms with van der Waals surface area (Å²) in [5, 5.41) is 12.7. The van der Waals surface area contributed by atoms with Crippen LogP contribution in [0.3, 0.4) is 0 Å². The van der Waals surface area contributed by atoms with Gasteiger partial charge in [0.2, 0.25) is 5.88 Å². The fraction of sp³-hybridized carbons (Fsp3) is 0.429. The summed E-state index contributed by atoms with van der Waals surface area (Å²) in [4.78, 5) is 3.87. The van der Waals surface area contributed by atoms with Crippen LogP contribution in [0.4, 0.5) is 0 Å². The van der Waals surface area contributed by atoms with Gasteiger partial charge in [-0.1, -0.05) is 18.7 Å². The monoisotopic (exact) mass is 171 g/mol. The number of aliphatic hydroxyl groups is 1. The summed E-state index contributed by atoms with van der Waals surface area (Å²) in [6, 6.07) is 0. The molecule has 0 saturated carbocycles. The van der Waals surface area contributed by atoms with Crippen LogP contribution >= 0.6 is 11.8 Å². The van der Waals surface area contributed by atoms with Crippen molar-refractivity contribution in [2.75, 3.05) is 5.75 Å². The summed E-state index contributed by atoms with van der Waals surface area (Å²) in [5.41, 5.74) is 0. The third-order valence-corrected chi connectivity index (χ3v) is 2.19. The Morgan fingerprint density at radius 3 is 3.18 bits per heavy atom. The van der Waals surface area contributed by atoms with Crippen molar-refractivity contribution in [2.24, 2.45) is 4.99 Å². The van der Waals surface area contributed by atoms with Crippen LogP contribution < -0.4 is 5.32 Å². The van der Waals surface area contributed by atoms with Crippen LogP contribution in [0, 0.1) is 6.54 Å². The van der Waals surface area contributed by atoms with Gasteiger partial charge in [-0.2, -0.15) is 4.99 Å². The molecular formula is C7H11N2OS. The van der Waals surface area contributed by atoms with Crippen LogP contribution in [0.2, 0.25) is 0 Å². The lowest BCUT2D eigenvalue weighted by molar-refractivity contribution is 0.404. The zero-order valence-electron chi connectivity index (χ0n) is 6.37. The standard InChI is InChI=1S/C7H11N2OS/c1-2-5-11-7-8-4-3-6(10)9-7/h3-4,10H,2,5H2,1H3,(H,8,9). The van der Waals surface area contributed by atoms with Crippen LogP contribution in [-0.4, -0.2) is 16.0 Å². The number of rotatable bonds is 2. The third kappa shape index (κ3) is 2.84. The molecule has 0 saturated heterocycles. The number of amidine groups is 1. The molecular weight excluding hydrogens is 160 g/mol. The van der Waals surface area contributed by atoms with Gasteiger partial charge >= 0.3 is 0 Å². The second-order valence-corrected chi connectivity index (χ2v) is 3.18. The van der Waals surface area contributed by atoms with Crippen molar-refractivity contribution in [2.45, 2.75) is 13.3 Å². The maximum atomic E-state index is 8.97. The van der Waals surface area contributed by atoms with Gasteiger partial charge in [0.05, 0.1) is 6.54 Å². The van der Waals surface area contributed by atoms with Crippen molar-refractivity contribution in [1.82, 2.24) is 5.32 Å². The number of hydrogen-bond donors (Lipinski definition) is 2. The number of aliphatic imine (C=N–C) groups is 1. The molecule has 1 aliphatic heterocycles. The van der Waals surface area contributed by atoms with E-state index in [0.29, 0.717) is 0 Å². The van der Waals surface area contributed by atoms with Gasteiger partial charge in [0, 0.05) is 11.8 Å². The minimum Gasteiger partial charge on any atom is -0.493 e. The molecule has 1 aliphatic rings. The topological polar surface area (TPSA) is 44.6 Å². The Morgan fingerprint density at radius 2 is 2.55 bits per heavy atom. The van der Waals surface area contributed by atoms with Crippen molar-refractivity contribution < 1.29 is 5.11 Å². The van der Waals surface area contributed by atoms with Crippen LogP contribution in [0.15, 0.2) is 17.0 Å². The third-order valence-electron chi connectivity index (χ3n) is 1.10. The number of thioether (sulfide) groups is 1. The Balaban J connectivity index is 2.39. The van der Waals surface area contributed by atoms with Crippen molar-refractivity contribution >= 4 is 16.9 Å². The van der Waals surface area contributed by atoms with Crippen LogP contribution in [0.25, 0.3) is 0 Å². The molecule has 1 rings (SSSR count). The van der Waals surface area contributed by atoms with Gasteiger partial charge in [-0.3, -0.25) is 0 Å². The first-order valence-electron chi connectivity index (χ1n) is 3.53. The first-order chi connectivity index (χ1) is 5.33. The van der Waals surface area contributed by atoms with E-state index in [-0.39, 0.29) is 5.88 Å². The molecule has 0 unspecified atom stereocenters. The number of aliphatic hydroxyl groups excluding tert-OH is 1. The lowest BCUT2D eigenvalue weighted by Crippen LogP contribution is -2.20. The van der Waals surface area contributed by atoms with Gasteiger partial charge in [-0.25, -0.2) is 0 Å². The van der Waals surface area contributed by atoms with E-state index in [0.717, 1.165) is 17.3 Å². The highest BCUT2D eigenvalue weighted by Crippen LogP contribution is 2.09. The summed E-state index contributed by atoms with van der Waals surface area (Å²) < 4.78 is 0. The van der Waals surface area contributed by atoms with E-state index in [9.17, 15) is 0 Å². The molecule has 0 atom stereocenters. The number of nitrogens with one attached hydrogen (secondary N) is 1. The summed E-state index contributed by atoms with van der Waals surface area (Å²) in [6.07, 6.45) is 2.63. The van der Waals surface area contributed by atoms with Gasteiger partial charge in [0.15, 0.2) is 5.17 Å². The Morgan fingerprint density at radius 1 is 1.73 bits per heavy atom. The molecule has 0 spiro atoms. The average Bonchev–Trinajstić information content (AvgIpc) is 2.01. The Hall–Kier alpha value is -0.640. The normalized spacial score (nSPS) is 16.8. The van der Waals surface area contributed by atoms with Crippen molar-refractivity contribution in [1.29, 1.82) is 0 Å². The second-order valence-electron chi connectivity index (χ2n) is 2.10. The maximum absolute atomic E-state index is 8.97. The molecule has 0 aromatic heterocycles. The minimum atomic E-state index is 0.0716. The molecule has 11 heavy (non-hydrogen) atoms. The molecule has 2 N–H and O–H groups in total. The average molecular weight is 171 g/mol. The Bertz CT molecular complexity index is 189. The molecule has 0 aromatic carbocycles. The van der Waals surface area contributed by atoms with E-state index in [1.54, 1.807) is 18.3 Å². The highest BCUT2D eigenvalue weighted by molar-refractivity contribution is 8.13. The Labute approximate surface area is 70.6 Å². The van der Waals surface area contributed by atoms with Crippen LogP contribution in [-0.2, 0) is 0 Å². The van der Waals surface area contributed by atoms with Gasteiger partial charge in [-0.05, 0) is 6.42 Å². The molecule has 0 amide bonds. The van der Waals surface area contributed by atoms with E-state index in [2.05, 4.69) is 17.2 Å². The van der Waals surface area contributed by atoms with Gasteiger partial charge in [0.25, 0.3) is 0 Å². The van der Waals surface area contributed by atoms with Gasteiger partial charge in [-0.15, -0.1) is 0 Å². The maximum Gasteiger partial charge on any atom is 0.211 e. The summed E-state index contributed by atoms with van der Waals surface area (Å²) in [6.45, 7) is 3.79. The number of nitrogens with zero attached hydrogens (tertiary/aromatic N) is 1. The lowest BCUT2D eigenvalue weighted by Gasteiger charge is -2.09. The molecule has 0 fully saturated rings. The largest absolute Gasteiger partial charge is 0.493 e. The number of hydrogen-bond acceptors (Lipinski definition) is 4.